The zero-order valence-corrected chi connectivity index (χ0v) is 8.73. The van der Waals surface area contributed by atoms with Gasteiger partial charge in [-0.1, -0.05) is 29.8 Å². The number of nitrogens with one attached hydrogen (secondary N) is 1. The summed E-state index contributed by atoms with van der Waals surface area (Å²) in [4.78, 5) is 0. The van der Waals surface area contributed by atoms with Crippen molar-refractivity contribution in [1.29, 1.82) is 0 Å². The minimum Gasteiger partial charge on any atom is -0.316 e. The molecule has 0 spiro atoms. The Morgan fingerprint density at radius 3 is 2.77 bits per heavy atom. The lowest BCUT2D eigenvalue weighted by Gasteiger charge is -1.98. The van der Waals surface area contributed by atoms with Gasteiger partial charge in [0.05, 0.1) is 0 Å². The van der Waals surface area contributed by atoms with Gasteiger partial charge in [-0.3, -0.25) is 0 Å². The number of hydrogen-bond acceptors (Lipinski definition) is 1. The molecular formula is C11H14ClN. The van der Waals surface area contributed by atoms with Crippen LogP contribution in [0.25, 0.3) is 6.08 Å². The zero-order valence-electron chi connectivity index (χ0n) is 7.97. The van der Waals surface area contributed by atoms with Gasteiger partial charge in [0.2, 0.25) is 0 Å². The third-order valence-electron chi connectivity index (χ3n) is 1.70. The van der Waals surface area contributed by atoms with Gasteiger partial charge in [-0.15, -0.1) is 0 Å². The van der Waals surface area contributed by atoms with Gasteiger partial charge >= 0.3 is 0 Å². The van der Waals surface area contributed by atoms with Crippen molar-refractivity contribution in [2.45, 2.75) is 6.92 Å². The molecule has 0 amide bonds. The highest BCUT2D eigenvalue weighted by atomic mass is 35.5. The highest BCUT2D eigenvalue weighted by molar-refractivity contribution is 6.30. The molecule has 1 aromatic rings. The average Bonchev–Trinajstić information content (AvgIpc) is 2.03. The summed E-state index contributed by atoms with van der Waals surface area (Å²) < 4.78 is 0. The molecule has 0 aromatic heterocycles. The topological polar surface area (TPSA) is 12.0 Å². The van der Waals surface area contributed by atoms with Crippen molar-refractivity contribution in [2.24, 2.45) is 0 Å². The van der Waals surface area contributed by atoms with Crippen molar-refractivity contribution in [2.75, 3.05) is 13.6 Å². The van der Waals surface area contributed by atoms with Crippen molar-refractivity contribution >= 4 is 17.7 Å². The zero-order chi connectivity index (χ0) is 9.68. The number of rotatable bonds is 3. The maximum Gasteiger partial charge on any atom is 0.0414 e. The largest absolute Gasteiger partial charge is 0.316 e. The van der Waals surface area contributed by atoms with Crippen LogP contribution in [0.15, 0.2) is 24.3 Å². The third kappa shape index (κ3) is 3.62. The van der Waals surface area contributed by atoms with E-state index in [2.05, 4.69) is 23.5 Å². The lowest BCUT2D eigenvalue weighted by Crippen LogP contribution is -2.03. The van der Waals surface area contributed by atoms with Crippen LogP contribution >= 0.6 is 11.6 Å². The second kappa shape index (κ2) is 5.05. The Morgan fingerprint density at radius 2 is 2.15 bits per heavy atom. The van der Waals surface area contributed by atoms with Crippen molar-refractivity contribution in [3.8, 4) is 0 Å². The Kier molecular flexibility index (Phi) is 4.00. The van der Waals surface area contributed by atoms with E-state index in [1.165, 1.54) is 5.56 Å². The summed E-state index contributed by atoms with van der Waals surface area (Å²) in [5.41, 5.74) is 2.34. The van der Waals surface area contributed by atoms with Gasteiger partial charge in [0.25, 0.3) is 0 Å². The number of aryl methyl sites for hydroxylation is 1. The molecule has 1 N–H and O–H groups in total. The summed E-state index contributed by atoms with van der Waals surface area (Å²) in [6, 6.07) is 6.02. The molecule has 1 rings (SSSR count). The fraction of sp³-hybridized carbons (Fsp3) is 0.273. The molecule has 0 aliphatic carbocycles. The van der Waals surface area contributed by atoms with E-state index in [1.807, 2.05) is 26.1 Å². The van der Waals surface area contributed by atoms with E-state index < -0.39 is 0 Å². The van der Waals surface area contributed by atoms with Crippen LogP contribution in [0.5, 0.6) is 0 Å². The van der Waals surface area contributed by atoms with Crippen LogP contribution in [0.3, 0.4) is 0 Å². The van der Waals surface area contributed by atoms with Gasteiger partial charge in [-0.05, 0) is 37.2 Å². The van der Waals surface area contributed by atoms with Crippen LogP contribution in [-0.4, -0.2) is 13.6 Å². The summed E-state index contributed by atoms with van der Waals surface area (Å²) >= 11 is 5.91. The highest BCUT2D eigenvalue weighted by Crippen LogP contribution is 2.15. The van der Waals surface area contributed by atoms with Crippen LogP contribution in [0.2, 0.25) is 5.02 Å². The van der Waals surface area contributed by atoms with Crippen LogP contribution in [-0.2, 0) is 0 Å². The van der Waals surface area contributed by atoms with Crippen molar-refractivity contribution in [1.82, 2.24) is 5.32 Å². The predicted octanol–water partition coefficient (Wildman–Crippen LogP) is 2.88. The SMILES string of the molecule is CNCC=Cc1cc(C)cc(Cl)c1. The van der Waals surface area contributed by atoms with E-state index in [1.54, 1.807) is 0 Å². The Morgan fingerprint density at radius 1 is 1.38 bits per heavy atom. The molecule has 0 radical (unpaired) electrons. The monoisotopic (exact) mass is 195 g/mol. The molecule has 1 nitrogen and oxygen atoms in total. The molecular weight excluding hydrogens is 182 g/mol. The lowest BCUT2D eigenvalue weighted by atomic mass is 10.1. The van der Waals surface area contributed by atoms with Crippen LogP contribution in [0.1, 0.15) is 11.1 Å². The van der Waals surface area contributed by atoms with Gasteiger partial charge in [-0.25, -0.2) is 0 Å². The molecule has 2 heteroatoms. The number of benzene rings is 1. The average molecular weight is 196 g/mol. The molecule has 13 heavy (non-hydrogen) atoms. The minimum absolute atomic E-state index is 0.795. The molecule has 0 saturated heterocycles. The first-order valence-electron chi connectivity index (χ1n) is 4.30. The van der Waals surface area contributed by atoms with Crippen molar-refractivity contribution < 1.29 is 0 Å². The molecule has 0 saturated carbocycles. The van der Waals surface area contributed by atoms with Crippen LogP contribution in [0.4, 0.5) is 0 Å². The maximum absolute atomic E-state index is 5.91. The van der Waals surface area contributed by atoms with Crippen molar-refractivity contribution in [3.05, 3.63) is 40.4 Å². The maximum atomic E-state index is 5.91. The molecule has 1 aromatic carbocycles. The van der Waals surface area contributed by atoms with Gasteiger partial charge < -0.3 is 5.32 Å². The summed E-state index contributed by atoms with van der Waals surface area (Å²) in [6.45, 7) is 2.92. The molecule has 0 atom stereocenters. The summed E-state index contributed by atoms with van der Waals surface area (Å²) in [6.07, 6.45) is 4.14. The van der Waals surface area contributed by atoms with Crippen LogP contribution in [0, 0.1) is 6.92 Å². The van der Waals surface area contributed by atoms with Gasteiger partial charge in [0, 0.05) is 11.6 Å². The molecule has 0 bridgehead atoms. The predicted molar refractivity (Wildman–Crippen MR) is 59.1 cm³/mol. The summed E-state index contributed by atoms with van der Waals surface area (Å²) in [7, 11) is 1.92. The van der Waals surface area contributed by atoms with Gasteiger partial charge in [0.1, 0.15) is 0 Å². The summed E-state index contributed by atoms with van der Waals surface area (Å²) in [5, 5.41) is 3.84. The van der Waals surface area contributed by atoms with E-state index >= 15 is 0 Å². The van der Waals surface area contributed by atoms with Gasteiger partial charge in [-0.2, -0.15) is 0 Å². The Labute approximate surface area is 84.4 Å². The Balaban J connectivity index is 2.77. The Hall–Kier alpha value is -0.790. The van der Waals surface area contributed by atoms with Gasteiger partial charge in [0.15, 0.2) is 0 Å². The number of halogens is 1. The normalized spacial score (nSPS) is 11.0. The first kappa shape index (κ1) is 10.3. The molecule has 0 fully saturated rings. The van der Waals surface area contributed by atoms with E-state index in [-0.39, 0.29) is 0 Å². The smallest absolute Gasteiger partial charge is 0.0414 e. The molecule has 0 aliphatic rings. The first-order valence-corrected chi connectivity index (χ1v) is 4.68. The molecule has 70 valence electrons. The third-order valence-corrected chi connectivity index (χ3v) is 1.91. The molecule has 0 aliphatic heterocycles. The standard InChI is InChI=1S/C11H14ClN/c1-9-6-10(4-3-5-13-2)8-11(12)7-9/h3-4,6-8,13H,5H2,1-2H3. The molecule has 0 unspecified atom stereocenters. The number of likely N-dealkylation sites (N-methyl/N-ethyl adjacent to an activating group) is 1. The quantitative estimate of drug-likeness (QED) is 0.782. The van der Waals surface area contributed by atoms with E-state index in [0.717, 1.165) is 17.1 Å². The van der Waals surface area contributed by atoms with Crippen molar-refractivity contribution in [3.63, 3.8) is 0 Å². The van der Waals surface area contributed by atoms with E-state index in [9.17, 15) is 0 Å². The lowest BCUT2D eigenvalue weighted by molar-refractivity contribution is 0.922. The first-order chi connectivity index (χ1) is 6.22. The Bertz CT molecular complexity index is 285. The number of hydrogen-bond donors (Lipinski definition) is 1. The fourth-order valence-corrected chi connectivity index (χ4v) is 1.47. The van der Waals surface area contributed by atoms with Crippen LogP contribution < -0.4 is 5.32 Å². The summed E-state index contributed by atoms with van der Waals surface area (Å²) in [5.74, 6) is 0. The fourth-order valence-electron chi connectivity index (χ4n) is 1.17. The minimum atomic E-state index is 0.795. The second-order valence-corrected chi connectivity index (χ2v) is 3.46. The van der Waals surface area contributed by atoms with E-state index in [4.69, 9.17) is 11.6 Å². The van der Waals surface area contributed by atoms with E-state index in [0.29, 0.717) is 0 Å². The highest BCUT2D eigenvalue weighted by Gasteiger charge is 1.92. The molecule has 0 heterocycles. The second-order valence-electron chi connectivity index (χ2n) is 3.02.